The second kappa shape index (κ2) is 10.9. The summed E-state index contributed by atoms with van der Waals surface area (Å²) in [5, 5.41) is 8.29. The molecule has 8 nitrogen and oxygen atoms in total. The molecule has 2 aliphatic heterocycles. The van der Waals surface area contributed by atoms with Gasteiger partial charge < -0.3 is 4.74 Å². The Morgan fingerprint density at radius 1 is 0.850 bits per heavy atom. The highest BCUT2D eigenvalue weighted by atomic mass is 16.5. The first-order valence-electron chi connectivity index (χ1n) is 13.6. The fourth-order valence-corrected chi connectivity index (χ4v) is 5.79. The minimum atomic E-state index is -0.642. The fraction of sp³-hybridized carbons (Fsp3) is 0.281. The van der Waals surface area contributed by atoms with Gasteiger partial charge in [0.25, 0.3) is 5.91 Å². The van der Waals surface area contributed by atoms with Crippen molar-refractivity contribution in [1.82, 2.24) is 9.91 Å². The van der Waals surface area contributed by atoms with Crippen molar-refractivity contribution in [3.63, 3.8) is 0 Å². The van der Waals surface area contributed by atoms with Crippen LogP contribution < -0.4 is 0 Å². The zero-order chi connectivity index (χ0) is 27.6. The lowest BCUT2D eigenvalue weighted by Crippen LogP contribution is -2.34. The zero-order valence-electron chi connectivity index (χ0n) is 21.9. The van der Waals surface area contributed by atoms with Crippen LogP contribution in [0.5, 0.6) is 0 Å². The minimum absolute atomic E-state index is 0.0433. The molecule has 0 N–H and O–H groups in total. The van der Waals surface area contributed by atoms with Crippen molar-refractivity contribution in [3.05, 3.63) is 96.1 Å². The van der Waals surface area contributed by atoms with Crippen molar-refractivity contribution in [2.75, 3.05) is 13.2 Å². The molecule has 3 aromatic carbocycles. The molecular formula is C32H29N3O5. The van der Waals surface area contributed by atoms with Crippen LogP contribution in [0.4, 0.5) is 0 Å². The SMILES string of the molecule is O=C(CCN1C(=O)[C@H]2CC=CC[C@H]2C1=O)OCC(=O)N1N=C(c2ccc3ccccc3c2)C[C@@H]1c1ccccc1. The Balaban J connectivity index is 1.12. The van der Waals surface area contributed by atoms with Gasteiger partial charge in [-0.3, -0.25) is 24.1 Å². The van der Waals surface area contributed by atoms with Crippen LogP contribution in [0.2, 0.25) is 0 Å². The molecule has 0 bridgehead atoms. The number of nitrogens with zero attached hydrogens (tertiary/aromatic N) is 3. The third-order valence-corrected chi connectivity index (χ3v) is 7.93. The predicted octanol–water partition coefficient (Wildman–Crippen LogP) is 4.40. The molecular weight excluding hydrogens is 506 g/mol. The van der Waals surface area contributed by atoms with Gasteiger partial charge in [0.2, 0.25) is 11.8 Å². The number of hydrogen-bond acceptors (Lipinski definition) is 6. The summed E-state index contributed by atoms with van der Waals surface area (Å²) in [6.07, 6.45) is 5.30. The average molecular weight is 536 g/mol. The number of ether oxygens (including phenoxy) is 1. The number of likely N-dealkylation sites (tertiary alicyclic amines) is 1. The summed E-state index contributed by atoms with van der Waals surface area (Å²) in [5.74, 6) is -2.23. The van der Waals surface area contributed by atoms with Crippen LogP contribution in [0.3, 0.4) is 0 Å². The number of carbonyl (C=O) groups excluding carboxylic acids is 4. The van der Waals surface area contributed by atoms with E-state index in [1.165, 1.54) is 5.01 Å². The second-order valence-corrected chi connectivity index (χ2v) is 10.4. The molecule has 0 unspecified atom stereocenters. The molecule has 0 spiro atoms. The molecule has 202 valence electrons. The molecule has 6 rings (SSSR count). The molecule has 8 heteroatoms. The maximum absolute atomic E-state index is 13.3. The summed E-state index contributed by atoms with van der Waals surface area (Å²) in [4.78, 5) is 52.2. The van der Waals surface area contributed by atoms with E-state index in [2.05, 4.69) is 11.2 Å². The molecule has 40 heavy (non-hydrogen) atoms. The van der Waals surface area contributed by atoms with Gasteiger partial charge in [-0.05, 0) is 40.8 Å². The highest BCUT2D eigenvalue weighted by Crippen LogP contribution is 2.35. The van der Waals surface area contributed by atoms with Crippen molar-refractivity contribution in [2.45, 2.75) is 31.7 Å². The maximum atomic E-state index is 13.3. The summed E-state index contributed by atoms with van der Waals surface area (Å²) in [6, 6.07) is 23.5. The standard InChI is InChI=1S/C32H29N3O5/c36-29(20-40-30(37)16-17-34-31(38)25-12-6-7-13-26(25)32(34)39)35-28(22-9-2-1-3-10-22)19-27(33-35)24-15-14-21-8-4-5-11-23(21)18-24/h1-11,14-15,18,25-26,28H,12-13,16-17,19-20H2/t25-,26+,28-/m1/s1. The number of imide groups is 1. The van der Waals surface area contributed by atoms with Gasteiger partial charge in [-0.25, -0.2) is 5.01 Å². The molecule has 1 fully saturated rings. The van der Waals surface area contributed by atoms with Gasteiger partial charge in [-0.2, -0.15) is 5.10 Å². The summed E-state index contributed by atoms with van der Waals surface area (Å²) in [7, 11) is 0. The van der Waals surface area contributed by atoms with Gasteiger partial charge in [0.05, 0.1) is 30.0 Å². The number of amides is 3. The number of carbonyl (C=O) groups is 4. The average Bonchev–Trinajstić information content (AvgIpc) is 3.55. The van der Waals surface area contributed by atoms with Crippen LogP contribution in [0.15, 0.2) is 90.0 Å². The van der Waals surface area contributed by atoms with E-state index in [1.807, 2.05) is 78.9 Å². The van der Waals surface area contributed by atoms with Crippen LogP contribution in [0.1, 0.15) is 42.9 Å². The van der Waals surface area contributed by atoms with Gasteiger partial charge >= 0.3 is 5.97 Å². The first-order chi connectivity index (χ1) is 19.5. The van der Waals surface area contributed by atoms with E-state index in [0.717, 1.165) is 32.5 Å². The van der Waals surface area contributed by atoms with Crippen molar-refractivity contribution < 1.29 is 23.9 Å². The summed E-state index contributed by atoms with van der Waals surface area (Å²) >= 11 is 0. The Labute approximate surface area is 231 Å². The van der Waals surface area contributed by atoms with Crippen LogP contribution in [0, 0.1) is 11.8 Å². The van der Waals surface area contributed by atoms with E-state index in [4.69, 9.17) is 4.74 Å². The molecule has 3 aliphatic rings. The normalized spacial score (nSPS) is 22.0. The van der Waals surface area contributed by atoms with E-state index in [9.17, 15) is 19.2 Å². The lowest BCUT2D eigenvalue weighted by molar-refractivity contribution is -0.153. The maximum Gasteiger partial charge on any atom is 0.308 e. The van der Waals surface area contributed by atoms with Crippen LogP contribution in [-0.4, -0.2) is 52.5 Å². The van der Waals surface area contributed by atoms with E-state index in [1.54, 1.807) is 0 Å². The fourth-order valence-electron chi connectivity index (χ4n) is 5.79. The first-order valence-corrected chi connectivity index (χ1v) is 13.6. The second-order valence-electron chi connectivity index (χ2n) is 10.4. The number of allylic oxidation sites excluding steroid dienone is 2. The number of benzene rings is 3. The van der Waals surface area contributed by atoms with E-state index in [0.29, 0.717) is 19.3 Å². The Morgan fingerprint density at radius 3 is 2.25 bits per heavy atom. The monoisotopic (exact) mass is 535 g/mol. The van der Waals surface area contributed by atoms with E-state index < -0.39 is 18.5 Å². The number of hydrazone groups is 1. The molecule has 3 aromatic rings. The van der Waals surface area contributed by atoms with Gasteiger partial charge in [-0.1, -0.05) is 78.9 Å². The molecule has 0 aromatic heterocycles. The lowest BCUT2D eigenvalue weighted by atomic mass is 9.85. The first kappa shape index (κ1) is 25.7. The number of rotatable bonds is 7. The lowest BCUT2D eigenvalue weighted by Gasteiger charge is -2.22. The van der Waals surface area contributed by atoms with Crippen LogP contribution >= 0.6 is 0 Å². The highest BCUT2D eigenvalue weighted by molar-refractivity contribution is 6.06. The largest absolute Gasteiger partial charge is 0.455 e. The number of hydrogen-bond donors (Lipinski definition) is 0. The summed E-state index contributed by atoms with van der Waals surface area (Å²) in [6.45, 7) is -0.522. The molecule has 3 amide bonds. The topological polar surface area (TPSA) is 96.3 Å². The molecule has 0 radical (unpaired) electrons. The quantitative estimate of drug-likeness (QED) is 0.254. The molecule has 2 heterocycles. The van der Waals surface area contributed by atoms with Gasteiger partial charge in [-0.15, -0.1) is 0 Å². The van der Waals surface area contributed by atoms with Gasteiger partial charge in [0, 0.05) is 13.0 Å². The zero-order valence-corrected chi connectivity index (χ0v) is 21.9. The van der Waals surface area contributed by atoms with Crippen LogP contribution in [-0.2, 0) is 23.9 Å². The minimum Gasteiger partial charge on any atom is -0.455 e. The van der Waals surface area contributed by atoms with Crippen molar-refractivity contribution in [3.8, 4) is 0 Å². The Morgan fingerprint density at radius 2 is 1.52 bits per heavy atom. The number of esters is 1. The van der Waals surface area contributed by atoms with Gasteiger partial charge in [0.15, 0.2) is 6.61 Å². The molecule has 3 atom stereocenters. The summed E-state index contributed by atoms with van der Waals surface area (Å²) < 4.78 is 5.29. The van der Waals surface area contributed by atoms with E-state index >= 15 is 0 Å². The molecule has 0 saturated carbocycles. The van der Waals surface area contributed by atoms with Crippen LogP contribution in [0.25, 0.3) is 10.8 Å². The van der Waals surface area contributed by atoms with Crippen molar-refractivity contribution >= 4 is 40.2 Å². The van der Waals surface area contributed by atoms with Crippen molar-refractivity contribution in [1.29, 1.82) is 0 Å². The Bertz CT molecular complexity index is 1520. The van der Waals surface area contributed by atoms with E-state index in [-0.39, 0.29) is 42.7 Å². The van der Waals surface area contributed by atoms with Gasteiger partial charge in [0.1, 0.15) is 0 Å². The molecule has 1 aliphatic carbocycles. The third kappa shape index (κ3) is 4.93. The van der Waals surface area contributed by atoms with Crippen molar-refractivity contribution in [2.24, 2.45) is 16.9 Å². The smallest absolute Gasteiger partial charge is 0.308 e. The predicted molar refractivity (Wildman–Crippen MR) is 149 cm³/mol. The Kier molecular flexibility index (Phi) is 6.99. The highest BCUT2D eigenvalue weighted by Gasteiger charge is 2.47. The molecule has 1 saturated heterocycles. The third-order valence-electron chi connectivity index (χ3n) is 7.93. The number of fused-ring (bicyclic) bond motifs is 2. The Hall–Kier alpha value is -4.59. The summed E-state index contributed by atoms with van der Waals surface area (Å²) in [5.41, 5.74) is 2.65.